The summed E-state index contributed by atoms with van der Waals surface area (Å²) in [7, 11) is 0. The normalized spacial score (nSPS) is 12.0. The fourth-order valence-electron chi connectivity index (χ4n) is 3.41. The third kappa shape index (κ3) is 4.36. The molecule has 0 fully saturated rings. The van der Waals surface area contributed by atoms with Crippen LogP contribution in [-0.2, 0) is 17.8 Å². The van der Waals surface area contributed by atoms with Crippen LogP contribution in [0.2, 0.25) is 5.02 Å². The van der Waals surface area contributed by atoms with Crippen LogP contribution in [0.25, 0.3) is 11.4 Å². The molecular weight excluding hydrogens is 434 g/mol. The maximum atomic E-state index is 12.9. The van der Waals surface area contributed by atoms with E-state index in [-0.39, 0.29) is 35.9 Å². The fraction of sp³-hybridized carbons (Fsp3) is 0.217. The van der Waals surface area contributed by atoms with Crippen LogP contribution in [0.4, 0.5) is 5.69 Å². The first kappa shape index (κ1) is 21.6. The Hall–Kier alpha value is -3.65. The molecule has 4 rings (SSSR count). The Morgan fingerprint density at radius 3 is 2.59 bits per heavy atom. The molecule has 1 aliphatic rings. The number of anilines is 1. The van der Waals surface area contributed by atoms with Gasteiger partial charge in [-0.05, 0) is 31.5 Å². The minimum atomic E-state index is -0.497. The van der Waals surface area contributed by atoms with E-state index in [1.54, 1.807) is 24.3 Å². The van der Waals surface area contributed by atoms with Gasteiger partial charge in [-0.2, -0.15) is 0 Å². The molecule has 1 N–H and O–H groups in total. The van der Waals surface area contributed by atoms with Crippen LogP contribution < -0.4 is 20.3 Å². The number of fused-ring (bicyclic) bond motifs is 1. The van der Waals surface area contributed by atoms with Crippen molar-refractivity contribution in [2.45, 2.75) is 26.8 Å². The number of ether oxygens (including phenoxy) is 2. The number of benzene rings is 2. The highest BCUT2D eigenvalue weighted by Crippen LogP contribution is 2.37. The largest absolute Gasteiger partial charge is 0.454 e. The van der Waals surface area contributed by atoms with Gasteiger partial charge in [-0.1, -0.05) is 30.7 Å². The van der Waals surface area contributed by atoms with E-state index >= 15 is 0 Å². The summed E-state index contributed by atoms with van der Waals surface area (Å²) in [6.07, 6.45) is 0.564. The molecule has 0 saturated heterocycles. The standard InChI is InChI=1S/C23H20ClN3O5/c1-3-16-8-22(30)27(23(25-16)14-5-4-6-15(24)7-14)11-21(29)26-18-10-20-19(31-12-32-20)9-17(18)13(2)28/h4-10H,3,11-12H2,1-2H3,(H,26,29). The van der Waals surface area contributed by atoms with E-state index in [0.717, 1.165) is 0 Å². The van der Waals surface area contributed by atoms with Gasteiger partial charge in [-0.25, -0.2) is 4.98 Å². The number of hydrogen-bond acceptors (Lipinski definition) is 6. The number of hydrogen-bond donors (Lipinski definition) is 1. The van der Waals surface area contributed by atoms with Crippen molar-refractivity contribution in [2.24, 2.45) is 0 Å². The number of carbonyl (C=O) groups excluding carboxylic acids is 2. The molecular formula is C23H20ClN3O5. The highest BCUT2D eigenvalue weighted by atomic mass is 35.5. The number of aryl methyl sites for hydroxylation is 1. The van der Waals surface area contributed by atoms with Gasteiger partial charge in [0.2, 0.25) is 12.7 Å². The van der Waals surface area contributed by atoms with E-state index in [1.165, 1.54) is 29.7 Å². The Kier molecular flexibility index (Phi) is 5.96. The zero-order chi connectivity index (χ0) is 22.8. The van der Waals surface area contributed by atoms with Gasteiger partial charge in [0.15, 0.2) is 17.3 Å². The molecule has 2 aromatic carbocycles. The highest BCUT2D eigenvalue weighted by molar-refractivity contribution is 6.30. The second kappa shape index (κ2) is 8.84. The summed E-state index contributed by atoms with van der Waals surface area (Å²) >= 11 is 6.12. The Bertz CT molecular complexity index is 1290. The number of carbonyl (C=O) groups is 2. The van der Waals surface area contributed by atoms with E-state index < -0.39 is 5.91 Å². The molecule has 0 aliphatic carbocycles. The molecule has 0 atom stereocenters. The summed E-state index contributed by atoms with van der Waals surface area (Å²) in [6, 6.07) is 11.4. The second-order valence-corrected chi connectivity index (χ2v) is 7.65. The number of ketones is 1. The molecule has 164 valence electrons. The van der Waals surface area contributed by atoms with Crippen molar-refractivity contribution >= 4 is 29.0 Å². The summed E-state index contributed by atoms with van der Waals surface area (Å²) in [5.74, 6) is 0.458. The van der Waals surface area contributed by atoms with Crippen molar-refractivity contribution in [3.63, 3.8) is 0 Å². The molecule has 2 heterocycles. The molecule has 0 spiro atoms. The zero-order valence-electron chi connectivity index (χ0n) is 17.5. The molecule has 1 aliphatic heterocycles. The lowest BCUT2D eigenvalue weighted by Gasteiger charge is -2.15. The van der Waals surface area contributed by atoms with Crippen molar-refractivity contribution in [1.29, 1.82) is 0 Å². The fourth-order valence-corrected chi connectivity index (χ4v) is 3.60. The summed E-state index contributed by atoms with van der Waals surface area (Å²) in [5.41, 5.74) is 1.42. The van der Waals surface area contributed by atoms with E-state index in [4.69, 9.17) is 21.1 Å². The van der Waals surface area contributed by atoms with Gasteiger partial charge in [0.1, 0.15) is 12.4 Å². The van der Waals surface area contributed by atoms with Crippen molar-refractivity contribution in [1.82, 2.24) is 9.55 Å². The van der Waals surface area contributed by atoms with Crippen LogP contribution in [-0.4, -0.2) is 28.0 Å². The van der Waals surface area contributed by atoms with Crippen molar-refractivity contribution < 1.29 is 19.1 Å². The molecule has 0 unspecified atom stereocenters. The number of rotatable bonds is 6. The number of Topliss-reactive ketones (excluding diaryl/α,β-unsaturated/α-hetero) is 1. The lowest BCUT2D eigenvalue weighted by Crippen LogP contribution is -2.30. The molecule has 1 amide bonds. The van der Waals surface area contributed by atoms with Crippen molar-refractivity contribution in [3.8, 4) is 22.9 Å². The van der Waals surface area contributed by atoms with Crippen molar-refractivity contribution in [3.05, 3.63) is 69.1 Å². The lowest BCUT2D eigenvalue weighted by atomic mass is 10.1. The smallest absolute Gasteiger partial charge is 0.254 e. The molecule has 8 nitrogen and oxygen atoms in total. The summed E-state index contributed by atoms with van der Waals surface area (Å²) in [4.78, 5) is 42.3. The maximum Gasteiger partial charge on any atom is 0.254 e. The van der Waals surface area contributed by atoms with Gasteiger partial charge in [-0.15, -0.1) is 0 Å². The first-order chi connectivity index (χ1) is 15.4. The minimum absolute atomic E-state index is 0.0396. The number of nitrogens with zero attached hydrogens (tertiary/aromatic N) is 2. The van der Waals surface area contributed by atoms with E-state index in [2.05, 4.69) is 10.3 Å². The SMILES string of the molecule is CCc1cc(=O)n(CC(=O)Nc2cc3c(cc2C(C)=O)OCO3)c(-c2cccc(Cl)c2)n1. The molecule has 32 heavy (non-hydrogen) atoms. The third-order valence-electron chi connectivity index (χ3n) is 4.97. The first-order valence-corrected chi connectivity index (χ1v) is 10.3. The summed E-state index contributed by atoms with van der Waals surface area (Å²) < 4.78 is 11.9. The number of aromatic nitrogens is 2. The Morgan fingerprint density at radius 1 is 1.16 bits per heavy atom. The highest BCUT2D eigenvalue weighted by Gasteiger charge is 2.21. The maximum absolute atomic E-state index is 12.9. The first-order valence-electron chi connectivity index (χ1n) is 9.97. The van der Waals surface area contributed by atoms with Gasteiger partial charge in [0, 0.05) is 34.0 Å². The quantitative estimate of drug-likeness (QED) is 0.571. The Balaban J connectivity index is 1.69. The molecule has 9 heteroatoms. The molecule has 0 saturated carbocycles. The lowest BCUT2D eigenvalue weighted by molar-refractivity contribution is -0.116. The van der Waals surface area contributed by atoms with Gasteiger partial charge < -0.3 is 14.8 Å². The van der Waals surface area contributed by atoms with E-state index in [0.29, 0.717) is 40.0 Å². The summed E-state index contributed by atoms with van der Waals surface area (Å²) in [6.45, 7) is 3.02. The van der Waals surface area contributed by atoms with Crippen LogP contribution in [0, 0.1) is 0 Å². The van der Waals surface area contributed by atoms with Crippen LogP contribution >= 0.6 is 11.6 Å². The monoisotopic (exact) mass is 453 g/mol. The Morgan fingerprint density at radius 2 is 1.91 bits per heavy atom. The van der Waals surface area contributed by atoms with Crippen LogP contribution in [0.5, 0.6) is 11.5 Å². The average molecular weight is 454 g/mol. The van der Waals surface area contributed by atoms with Gasteiger partial charge in [0.25, 0.3) is 5.56 Å². The van der Waals surface area contributed by atoms with Gasteiger partial charge >= 0.3 is 0 Å². The zero-order valence-corrected chi connectivity index (χ0v) is 18.2. The average Bonchev–Trinajstić information content (AvgIpc) is 3.21. The minimum Gasteiger partial charge on any atom is -0.454 e. The van der Waals surface area contributed by atoms with Crippen LogP contribution in [0.1, 0.15) is 29.9 Å². The topological polar surface area (TPSA) is 99.5 Å². The molecule has 1 aromatic heterocycles. The van der Waals surface area contributed by atoms with Gasteiger partial charge in [-0.3, -0.25) is 19.0 Å². The summed E-state index contributed by atoms with van der Waals surface area (Å²) in [5, 5.41) is 3.19. The number of amides is 1. The van der Waals surface area contributed by atoms with E-state index in [1.807, 2.05) is 6.92 Å². The predicted molar refractivity (Wildman–Crippen MR) is 120 cm³/mol. The second-order valence-electron chi connectivity index (χ2n) is 7.21. The van der Waals surface area contributed by atoms with Gasteiger partial charge in [0.05, 0.1) is 5.69 Å². The van der Waals surface area contributed by atoms with E-state index in [9.17, 15) is 14.4 Å². The molecule has 3 aromatic rings. The predicted octanol–water partition coefficient (Wildman–Crippen LogP) is 3.70. The number of nitrogens with one attached hydrogen (secondary N) is 1. The third-order valence-corrected chi connectivity index (χ3v) is 5.21. The Labute approximate surface area is 188 Å². The van der Waals surface area contributed by atoms with Crippen LogP contribution in [0.3, 0.4) is 0 Å². The van der Waals surface area contributed by atoms with Crippen LogP contribution in [0.15, 0.2) is 47.3 Å². The number of halogens is 1. The molecule has 0 bridgehead atoms. The molecule has 0 radical (unpaired) electrons. The van der Waals surface area contributed by atoms with Crippen molar-refractivity contribution in [2.75, 3.05) is 12.1 Å².